The lowest BCUT2D eigenvalue weighted by Gasteiger charge is -2.35. The van der Waals surface area contributed by atoms with Gasteiger partial charge in [-0.05, 0) is 61.7 Å². The normalized spacial score (nSPS) is 21.7. The van der Waals surface area contributed by atoms with Gasteiger partial charge in [-0.2, -0.15) is 0 Å². The summed E-state index contributed by atoms with van der Waals surface area (Å²) < 4.78 is 17.3. The highest BCUT2D eigenvalue weighted by Gasteiger charge is 2.47. The van der Waals surface area contributed by atoms with E-state index in [0.717, 1.165) is 11.3 Å². The van der Waals surface area contributed by atoms with Crippen LogP contribution in [0.5, 0.6) is 5.75 Å². The molecular formula is C21H32O4Si. The molecule has 1 aliphatic heterocycles. The highest BCUT2D eigenvalue weighted by molar-refractivity contribution is 6.74. The molecule has 0 spiro atoms. The number of fused-ring (bicyclic) bond motifs is 1. The standard InChI is InChI=1S/C21H32O4Si/c1-19(2,3)26(7,8)24-14-10-9-13-21(22)17-12-11-16(23-6)15-18(17)20(4,5)25-21/h11-12,15,22H,10,14H2,1-8H3. The molecule has 1 N–H and O–H groups in total. The Hall–Kier alpha value is -1.32. The summed E-state index contributed by atoms with van der Waals surface area (Å²) in [5.74, 6) is 5.09. The maximum atomic E-state index is 11.0. The first kappa shape index (κ1) is 21.0. The number of hydrogen-bond acceptors (Lipinski definition) is 4. The maximum absolute atomic E-state index is 11.0. The predicted molar refractivity (Wildman–Crippen MR) is 107 cm³/mol. The Balaban J connectivity index is 2.11. The van der Waals surface area contributed by atoms with Gasteiger partial charge in [0.25, 0.3) is 5.79 Å². The van der Waals surface area contributed by atoms with Gasteiger partial charge in [0, 0.05) is 18.6 Å². The molecule has 0 bridgehead atoms. The van der Waals surface area contributed by atoms with Gasteiger partial charge < -0.3 is 19.0 Å². The molecule has 0 radical (unpaired) electrons. The molecule has 0 fully saturated rings. The Kier molecular flexibility index (Phi) is 5.66. The monoisotopic (exact) mass is 376 g/mol. The van der Waals surface area contributed by atoms with Gasteiger partial charge in [0.05, 0.1) is 12.7 Å². The van der Waals surface area contributed by atoms with Gasteiger partial charge in [-0.1, -0.05) is 26.7 Å². The number of benzene rings is 1. The van der Waals surface area contributed by atoms with Gasteiger partial charge >= 0.3 is 0 Å². The van der Waals surface area contributed by atoms with Crippen LogP contribution in [-0.4, -0.2) is 27.1 Å². The molecule has 26 heavy (non-hydrogen) atoms. The molecule has 1 aliphatic rings. The third kappa shape index (κ3) is 4.15. The maximum Gasteiger partial charge on any atom is 0.260 e. The topological polar surface area (TPSA) is 47.9 Å². The van der Waals surface area contributed by atoms with Crippen molar-refractivity contribution in [2.45, 2.75) is 70.6 Å². The zero-order chi connectivity index (χ0) is 19.8. The van der Waals surface area contributed by atoms with Crippen LogP contribution in [0.15, 0.2) is 18.2 Å². The van der Waals surface area contributed by atoms with Crippen molar-refractivity contribution in [2.75, 3.05) is 13.7 Å². The van der Waals surface area contributed by atoms with Crippen molar-refractivity contribution in [2.24, 2.45) is 0 Å². The fourth-order valence-electron chi connectivity index (χ4n) is 2.77. The molecule has 1 unspecified atom stereocenters. The number of aliphatic hydroxyl groups is 1. The van der Waals surface area contributed by atoms with Crippen LogP contribution in [0.1, 0.15) is 52.2 Å². The highest BCUT2D eigenvalue weighted by atomic mass is 28.4. The van der Waals surface area contributed by atoms with Gasteiger partial charge in [0.15, 0.2) is 8.32 Å². The van der Waals surface area contributed by atoms with Crippen molar-refractivity contribution in [3.63, 3.8) is 0 Å². The Labute approximate surface area is 159 Å². The minimum atomic E-state index is -1.77. The summed E-state index contributed by atoms with van der Waals surface area (Å²) in [5, 5.41) is 11.1. The average molecular weight is 377 g/mol. The van der Waals surface area contributed by atoms with E-state index in [2.05, 4.69) is 45.7 Å². The second-order valence-electron chi connectivity index (χ2n) is 8.83. The zero-order valence-electron chi connectivity index (χ0n) is 17.3. The van der Waals surface area contributed by atoms with Crippen LogP contribution in [-0.2, 0) is 20.6 Å². The van der Waals surface area contributed by atoms with Crippen molar-refractivity contribution in [1.82, 2.24) is 0 Å². The molecule has 2 rings (SSSR count). The van der Waals surface area contributed by atoms with E-state index in [0.29, 0.717) is 18.6 Å². The van der Waals surface area contributed by atoms with Crippen LogP contribution in [0.25, 0.3) is 0 Å². The molecular weight excluding hydrogens is 344 g/mol. The molecule has 1 atom stereocenters. The fourth-order valence-corrected chi connectivity index (χ4v) is 3.82. The molecule has 4 nitrogen and oxygen atoms in total. The van der Waals surface area contributed by atoms with Crippen LogP contribution in [0, 0.1) is 11.8 Å². The molecule has 0 aliphatic carbocycles. The van der Waals surface area contributed by atoms with Gasteiger partial charge in [-0.3, -0.25) is 0 Å². The largest absolute Gasteiger partial charge is 0.497 e. The van der Waals surface area contributed by atoms with Gasteiger partial charge in [-0.15, -0.1) is 0 Å². The van der Waals surface area contributed by atoms with Crippen LogP contribution in [0.4, 0.5) is 0 Å². The lowest BCUT2D eigenvalue weighted by Crippen LogP contribution is -2.40. The molecule has 1 aromatic carbocycles. The number of ether oxygens (including phenoxy) is 2. The van der Waals surface area contributed by atoms with Crippen molar-refractivity contribution >= 4 is 8.32 Å². The van der Waals surface area contributed by atoms with Crippen molar-refractivity contribution in [1.29, 1.82) is 0 Å². The third-order valence-corrected chi connectivity index (χ3v) is 9.94. The summed E-state index contributed by atoms with van der Waals surface area (Å²) in [6.45, 7) is 15.5. The number of methoxy groups -OCH3 is 1. The molecule has 144 valence electrons. The van der Waals surface area contributed by atoms with Gasteiger partial charge in [0.2, 0.25) is 0 Å². The zero-order valence-corrected chi connectivity index (χ0v) is 18.3. The van der Waals surface area contributed by atoms with E-state index in [1.807, 2.05) is 32.0 Å². The SMILES string of the molecule is COc1ccc2c(c1)C(C)(C)OC2(O)C#CCCO[Si](C)(C)C(C)(C)C. The molecule has 0 aromatic heterocycles. The number of rotatable bonds is 4. The smallest absolute Gasteiger partial charge is 0.260 e. The second kappa shape index (κ2) is 7.01. The van der Waals surface area contributed by atoms with E-state index < -0.39 is 19.7 Å². The first-order valence-corrected chi connectivity index (χ1v) is 12.0. The minimum absolute atomic E-state index is 0.176. The Bertz CT molecular complexity index is 722. The van der Waals surface area contributed by atoms with Crippen LogP contribution >= 0.6 is 0 Å². The van der Waals surface area contributed by atoms with E-state index in [1.54, 1.807) is 7.11 Å². The lowest BCUT2D eigenvalue weighted by atomic mass is 9.93. The minimum Gasteiger partial charge on any atom is -0.497 e. The second-order valence-corrected chi connectivity index (χ2v) is 13.6. The predicted octanol–water partition coefficient (Wildman–Crippen LogP) is 4.52. The van der Waals surface area contributed by atoms with Crippen LogP contribution in [0.2, 0.25) is 18.1 Å². The fraction of sp³-hybridized carbons (Fsp3) is 0.619. The highest BCUT2D eigenvalue weighted by Crippen LogP contribution is 2.46. The van der Waals surface area contributed by atoms with Crippen molar-refractivity contribution < 1.29 is 19.0 Å². The van der Waals surface area contributed by atoms with Crippen LogP contribution < -0.4 is 4.74 Å². The summed E-state index contributed by atoms with van der Waals surface area (Å²) in [6, 6.07) is 5.54. The van der Waals surface area contributed by atoms with Gasteiger partial charge in [-0.25, -0.2) is 0 Å². The van der Waals surface area contributed by atoms with E-state index in [1.165, 1.54) is 0 Å². The van der Waals surface area contributed by atoms with E-state index in [9.17, 15) is 5.11 Å². The lowest BCUT2D eigenvalue weighted by molar-refractivity contribution is -0.210. The number of hydrogen-bond donors (Lipinski definition) is 1. The first-order chi connectivity index (χ1) is 11.8. The molecule has 0 amide bonds. The summed E-state index contributed by atoms with van der Waals surface area (Å²) in [4.78, 5) is 0. The summed E-state index contributed by atoms with van der Waals surface area (Å²) in [5.41, 5.74) is 0.942. The van der Waals surface area contributed by atoms with E-state index >= 15 is 0 Å². The average Bonchev–Trinajstić information content (AvgIpc) is 2.72. The molecule has 5 heteroatoms. The third-order valence-electron chi connectivity index (χ3n) is 5.40. The van der Waals surface area contributed by atoms with E-state index in [-0.39, 0.29) is 5.04 Å². The Morgan fingerprint density at radius 1 is 1.19 bits per heavy atom. The first-order valence-electron chi connectivity index (χ1n) is 9.08. The molecule has 0 saturated heterocycles. The van der Waals surface area contributed by atoms with Gasteiger partial charge in [0.1, 0.15) is 5.75 Å². The molecule has 1 heterocycles. The molecule has 0 saturated carbocycles. The molecule has 1 aromatic rings. The summed E-state index contributed by atoms with van der Waals surface area (Å²) in [6.07, 6.45) is 0.560. The summed E-state index contributed by atoms with van der Waals surface area (Å²) in [7, 11) is -0.148. The summed E-state index contributed by atoms with van der Waals surface area (Å²) >= 11 is 0. The Morgan fingerprint density at radius 3 is 2.42 bits per heavy atom. The van der Waals surface area contributed by atoms with E-state index in [4.69, 9.17) is 13.9 Å². The quantitative estimate of drug-likeness (QED) is 0.477. The van der Waals surface area contributed by atoms with Crippen LogP contribution in [0.3, 0.4) is 0 Å². The van der Waals surface area contributed by atoms with Crippen molar-refractivity contribution in [3.05, 3.63) is 29.3 Å². The van der Waals surface area contributed by atoms with Crippen molar-refractivity contribution in [3.8, 4) is 17.6 Å². The Morgan fingerprint density at radius 2 is 1.85 bits per heavy atom.